The Morgan fingerprint density at radius 3 is 2.53 bits per heavy atom. The lowest BCUT2D eigenvalue weighted by Gasteiger charge is -2.47. The minimum Gasteiger partial charge on any atom is -0.387 e. The van der Waals surface area contributed by atoms with E-state index in [0.717, 1.165) is 37.1 Å². The second kappa shape index (κ2) is 7.44. The zero-order valence-corrected chi connectivity index (χ0v) is 17.0. The quantitative estimate of drug-likeness (QED) is 0.602. The highest BCUT2D eigenvalue weighted by atomic mass is 16.3. The van der Waals surface area contributed by atoms with Gasteiger partial charge in [-0.1, -0.05) is 18.2 Å². The molecule has 160 valence electrons. The molecule has 4 aliphatic heterocycles. The van der Waals surface area contributed by atoms with Gasteiger partial charge in [-0.3, -0.25) is 24.6 Å². The number of carbonyl (C=O) groups is 3. The number of imide groups is 1. The maximum atomic E-state index is 13.2. The Bertz CT molecular complexity index is 889. The number of piperidine rings is 2. The van der Waals surface area contributed by atoms with Crippen LogP contribution in [0.1, 0.15) is 47.2 Å². The first-order valence-corrected chi connectivity index (χ1v) is 10.9. The molecule has 8 nitrogen and oxygen atoms in total. The van der Waals surface area contributed by atoms with Crippen molar-refractivity contribution >= 4 is 17.7 Å². The summed E-state index contributed by atoms with van der Waals surface area (Å²) in [4.78, 5) is 40.9. The van der Waals surface area contributed by atoms with Crippen molar-refractivity contribution in [1.82, 2.24) is 20.4 Å². The summed E-state index contributed by atoms with van der Waals surface area (Å²) in [6.07, 6.45) is 2.57. The summed E-state index contributed by atoms with van der Waals surface area (Å²) in [6.45, 7) is 4.30. The summed E-state index contributed by atoms with van der Waals surface area (Å²) in [5, 5.41) is 16.1. The van der Waals surface area contributed by atoms with Gasteiger partial charge in [0.05, 0.1) is 5.60 Å². The summed E-state index contributed by atoms with van der Waals surface area (Å²) < 4.78 is 0. The van der Waals surface area contributed by atoms with Crippen molar-refractivity contribution in [3.05, 3.63) is 34.9 Å². The molecule has 1 atom stereocenters. The number of fused-ring (bicyclic) bond motifs is 1. The Hall–Kier alpha value is -2.29. The molecule has 3 amide bonds. The molecule has 0 aliphatic carbocycles. The van der Waals surface area contributed by atoms with Crippen LogP contribution in [0.3, 0.4) is 0 Å². The fourth-order valence-corrected chi connectivity index (χ4v) is 5.36. The molecule has 4 aliphatic rings. The van der Waals surface area contributed by atoms with Gasteiger partial charge in [0.15, 0.2) is 0 Å². The summed E-state index contributed by atoms with van der Waals surface area (Å²) in [6, 6.07) is 5.35. The molecule has 0 saturated carbocycles. The fraction of sp³-hybridized carbons (Fsp3) is 0.591. The zero-order valence-electron chi connectivity index (χ0n) is 17.0. The van der Waals surface area contributed by atoms with Gasteiger partial charge >= 0.3 is 0 Å². The minimum absolute atomic E-state index is 0.111. The van der Waals surface area contributed by atoms with Crippen molar-refractivity contribution in [1.29, 1.82) is 0 Å². The van der Waals surface area contributed by atoms with Gasteiger partial charge in [0, 0.05) is 38.2 Å². The van der Waals surface area contributed by atoms with E-state index in [-0.39, 0.29) is 24.1 Å². The molecule has 1 aromatic carbocycles. The third-order valence-electron chi connectivity index (χ3n) is 7.24. The number of aliphatic hydroxyl groups is 1. The SMILES string of the molecule is O=C1CCC(N2Cc3cccc(CN4CCC(C5(O)CNC5)CC4)c3C2=O)C(=O)N1. The number of hydrogen-bond donors (Lipinski definition) is 3. The van der Waals surface area contributed by atoms with Gasteiger partial charge < -0.3 is 15.3 Å². The number of nitrogens with zero attached hydrogens (tertiary/aromatic N) is 2. The fourth-order valence-electron chi connectivity index (χ4n) is 5.36. The molecule has 5 rings (SSSR count). The molecule has 1 unspecified atom stereocenters. The van der Waals surface area contributed by atoms with Crippen molar-refractivity contribution in [3.8, 4) is 0 Å². The lowest BCUT2D eigenvalue weighted by Crippen LogP contribution is -2.64. The third kappa shape index (κ3) is 3.33. The van der Waals surface area contributed by atoms with E-state index >= 15 is 0 Å². The van der Waals surface area contributed by atoms with Crippen LogP contribution >= 0.6 is 0 Å². The lowest BCUT2D eigenvalue weighted by atomic mass is 9.76. The summed E-state index contributed by atoms with van der Waals surface area (Å²) in [5.41, 5.74) is 2.12. The molecule has 4 heterocycles. The average Bonchev–Trinajstić information content (AvgIpc) is 3.04. The van der Waals surface area contributed by atoms with Gasteiger partial charge in [0.1, 0.15) is 6.04 Å². The first-order valence-electron chi connectivity index (χ1n) is 10.9. The largest absolute Gasteiger partial charge is 0.387 e. The Labute approximate surface area is 175 Å². The van der Waals surface area contributed by atoms with Crippen molar-refractivity contribution in [2.45, 2.75) is 50.4 Å². The molecule has 8 heteroatoms. The van der Waals surface area contributed by atoms with Crippen molar-refractivity contribution in [2.75, 3.05) is 26.2 Å². The van der Waals surface area contributed by atoms with E-state index in [0.29, 0.717) is 44.1 Å². The topological polar surface area (TPSA) is 102 Å². The standard InChI is InChI=1S/C22H28N4O4/c27-18-5-4-17(20(28)24-18)26-11-15-3-1-2-14(19(15)21(26)29)10-25-8-6-16(7-9-25)22(30)12-23-13-22/h1-3,16-17,23,30H,4-13H2,(H,24,27,28). The summed E-state index contributed by atoms with van der Waals surface area (Å²) in [7, 11) is 0. The van der Waals surface area contributed by atoms with Crippen LogP contribution in [0.2, 0.25) is 0 Å². The molecule has 3 N–H and O–H groups in total. The maximum Gasteiger partial charge on any atom is 0.255 e. The van der Waals surface area contributed by atoms with Gasteiger partial charge in [-0.15, -0.1) is 0 Å². The average molecular weight is 412 g/mol. The monoisotopic (exact) mass is 412 g/mol. The number of hydrogen-bond acceptors (Lipinski definition) is 6. The normalized spacial score (nSPS) is 27.0. The number of likely N-dealkylation sites (tertiary alicyclic amines) is 1. The van der Waals surface area contributed by atoms with Crippen LogP contribution in [0.4, 0.5) is 0 Å². The third-order valence-corrected chi connectivity index (χ3v) is 7.24. The van der Waals surface area contributed by atoms with Crippen molar-refractivity contribution in [3.63, 3.8) is 0 Å². The molecule has 30 heavy (non-hydrogen) atoms. The Morgan fingerprint density at radius 2 is 1.87 bits per heavy atom. The molecular formula is C22H28N4O4. The first-order chi connectivity index (χ1) is 14.4. The van der Waals surface area contributed by atoms with Gasteiger partial charge in [-0.05, 0) is 49.4 Å². The Morgan fingerprint density at radius 1 is 1.10 bits per heavy atom. The maximum absolute atomic E-state index is 13.2. The molecule has 3 fully saturated rings. The molecule has 0 spiro atoms. The van der Waals surface area contributed by atoms with Crippen LogP contribution in [0.5, 0.6) is 0 Å². The number of amides is 3. The number of carbonyl (C=O) groups excluding carboxylic acids is 3. The predicted molar refractivity (Wildman–Crippen MR) is 108 cm³/mol. The number of nitrogens with one attached hydrogen (secondary N) is 2. The second-order valence-corrected chi connectivity index (χ2v) is 9.11. The molecule has 0 aromatic heterocycles. The van der Waals surface area contributed by atoms with Crippen LogP contribution < -0.4 is 10.6 Å². The van der Waals surface area contributed by atoms with E-state index in [1.165, 1.54) is 0 Å². The van der Waals surface area contributed by atoms with Gasteiger partial charge in [0.2, 0.25) is 11.8 Å². The van der Waals surface area contributed by atoms with Gasteiger partial charge in [0.25, 0.3) is 5.91 Å². The van der Waals surface area contributed by atoms with Gasteiger partial charge in [-0.25, -0.2) is 0 Å². The summed E-state index contributed by atoms with van der Waals surface area (Å²) >= 11 is 0. The van der Waals surface area contributed by atoms with E-state index < -0.39 is 11.6 Å². The van der Waals surface area contributed by atoms with Crippen LogP contribution in [-0.4, -0.2) is 70.4 Å². The minimum atomic E-state index is -0.581. The Kier molecular flexibility index (Phi) is 4.88. The number of β-amino-alcohol motifs (C(OH)–C–C–N with tert-alkyl or cyclic N) is 1. The first kappa shape index (κ1) is 19.7. The number of rotatable bonds is 4. The highest BCUT2D eigenvalue weighted by Gasteiger charge is 2.44. The van der Waals surface area contributed by atoms with E-state index in [1.807, 2.05) is 18.2 Å². The lowest BCUT2D eigenvalue weighted by molar-refractivity contribution is -0.136. The Balaban J connectivity index is 1.27. The van der Waals surface area contributed by atoms with Crippen LogP contribution in [0, 0.1) is 5.92 Å². The molecule has 0 radical (unpaired) electrons. The van der Waals surface area contributed by atoms with Crippen LogP contribution in [-0.2, 0) is 22.7 Å². The smallest absolute Gasteiger partial charge is 0.255 e. The van der Waals surface area contributed by atoms with E-state index in [9.17, 15) is 19.5 Å². The molecule has 1 aromatic rings. The number of benzene rings is 1. The van der Waals surface area contributed by atoms with Crippen LogP contribution in [0.15, 0.2) is 18.2 Å². The van der Waals surface area contributed by atoms with E-state index in [1.54, 1.807) is 4.90 Å². The van der Waals surface area contributed by atoms with E-state index in [4.69, 9.17) is 0 Å². The second-order valence-electron chi connectivity index (χ2n) is 9.11. The highest BCUT2D eigenvalue weighted by Crippen LogP contribution is 2.34. The van der Waals surface area contributed by atoms with Gasteiger partial charge in [-0.2, -0.15) is 0 Å². The van der Waals surface area contributed by atoms with Crippen molar-refractivity contribution in [2.24, 2.45) is 5.92 Å². The van der Waals surface area contributed by atoms with Crippen LogP contribution in [0.25, 0.3) is 0 Å². The van der Waals surface area contributed by atoms with E-state index in [2.05, 4.69) is 15.5 Å². The molecular weight excluding hydrogens is 384 g/mol. The van der Waals surface area contributed by atoms with Crippen molar-refractivity contribution < 1.29 is 19.5 Å². The highest BCUT2D eigenvalue weighted by molar-refractivity contribution is 6.05. The molecule has 0 bridgehead atoms. The summed E-state index contributed by atoms with van der Waals surface area (Å²) in [5.74, 6) is -0.424. The predicted octanol–water partition coefficient (Wildman–Crippen LogP) is -0.00610. The zero-order chi connectivity index (χ0) is 20.9. The molecule has 3 saturated heterocycles.